The molecule has 0 aliphatic carbocycles. The third-order valence-electron chi connectivity index (χ3n) is 2.54. The fraction of sp³-hybridized carbons (Fsp3) is 0.500. The van der Waals surface area contributed by atoms with E-state index in [0.29, 0.717) is 13.0 Å². The molecule has 3 amide bonds. The zero-order chi connectivity index (χ0) is 15.5. The largest absolute Gasteiger partial charge is 0.456 e. The van der Waals surface area contributed by atoms with Gasteiger partial charge in [0, 0.05) is 17.8 Å². The maximum absolute atomic E-state index is 11.4. The summed E-state index contributed by atoms with van der Waals surface area (Å²) in [4.78, 5) is 35.2. The van der Waals surface area contributed by atoms with Gasteiger partial charge in [0.2, 0.25) is 0 Å². The number of nitrogens with one attached hydrogen (secondary N) is 2. The summed E-state index contributed by atoms with van der Waals surface area (Å²) in [6.45, 7) is 1.96. The molecular formula is C14H20N2O4S. The average molecular weight is 312 g/mol. The van der Waals surface area contributed by atoms with Crippen molar-refractivity contribution in [2.75, 3.05) is 13.2 Å². The lowest BCUT2D eigenvalue weighted by Gasteiger charge is -2.06. The zero-order valence-electron chi connectivity index (χ0n) is 12.0. The standard InChI is InChI=1S/C14H20N2O4S/c1-2-8-15-14(19)16-12(17)10-20-13(18)7-3-5-11-6-4-9-21-11/h4,6,9H,2-3,5,7-8,10H2,1H3,(H2,15,16,17,19). The fourth-order valence-corrected chi connectivity index (χ4v) is 2.28. The molecule has 0 aromatic carbocycles. The lowest BCUT2D eigenvalue weighted by molar-refractivity contribution is -0.148. The molecule has 0 saturated carbocycles. The molecule has 7 heteroatoms. The molecule has 0 bridgehead atoms. The zero-order valence-corrected chi connectivity index (χ0v) is 12.8. The van der Waals surface area contributed by atoms with Crippen LogP contribution in [0.15, 0.2) is 17.5 Å². The maximum Gasteiger partial charge on any atom is 0.321 e. The molecule has 0 unspecified atom stereocenters. The van der Waals surface area contributed by atoms with Crippen LogP contribution in [0.3, 0.4) is 0 Å². The molecule has 0 aliphatic heterocycles. The molecule has 0 fully saturated rings. The number of hydrogen-bond acceptors (Lipinski definition) is 5. The fourth-order valence-electron chi connectivity index (χ4n) is 1.53. The molecule has 0 atom stereocenters. The number of urea groups is 1. The number of esters is 1. The van der Waals surface area contributed by atoms with Crippen LogP contribution >= 0.6 is 11.3 Å². The van der Waals surface area contributed by atoms with Crippen molar-refractivity contribution in [3.05, 3.63) is 22.4 Å². The third-order valence-corrected chi connectivity index (χ3v) is 3.47. The van der Waals surface area contributed by atoms with Crippen molar-refractivity contribution in [3.63, 3.8) is 0 Å². The van der Waals surface area contributed by atoms with Crippen LogP contribution in [0.25, 0.3) is 0 Å². The first-order valence-corrected chi connectivity index (χ1v) is 7.75. The highest BCUT2D eigenvalue weighted by Crippen LogP contribution is 2.12. The van der Waals surface area contributed by atoms with Gasteiger partial charge in [-0.1, -0.05) is 13.0 Å². The highest BCUT2D eigenvalue weighted by atomic mass is 32.1. The lowest BCUT2D eigenvalue weighted by Crippen LogP contribution is -2.41. The molecule has 2 N–H and O–H groups in total. The van der Waals surface area contributed by atoms with Crippen LogP contribution in [-0.2, 0) is 20.7 Å². The summed E-state index contributed by atoms with van der Waals surface area (Å²) in [5.74, 6) is -1.06. The van der Waals surface area contributed by atoms with E-state index in [1.807, 2.05) is 24.4 Å². The van der Waals surface area contributed by atoms with Gasteiger partial charge in [-0.3, -0.25) is 14.9 Å². The Morgan fingerprint density at radius 1 is 1.33 bits per heavy atom. The molecule has 1 heterocycles. The predicted octanol–water partition coefficient (Wildman–Crippen LogP) is 1.85. The van der Waals surface area contributed by atoms with Crippen LogP contribution < -0.4 is 10.6 Å². The number of imide groups is 1. The molecule has 0 aliphatic rings. The van der Waals surface area contributed by atoms with Crippen LogP contribution in [0.5, 0.6) is 0 Å². The van der Waals surface area contributed by atoms with Gasteiger partial charge in [-0.2, -0.15) is 0 Å². The summed E-state index contributed by atoms with van der Waals surface area (Å²) in [7, 11) is 0. The highest BCUT2D eigenvalue weighted by molar-refractivity contribution is 7.09. The minimum absolute atomic E-state index is 0.257. The number of rotatable bonds is 8. The Kier molecular flexibility index (Phi) is 8.11. The van der Waals surface area contributed by atoms with Crippen molar-refractivity contribution < 1.29 is 19.1 Å². The van der Waals surface area contributed by atoms with Crippen molar-refractivity contribution in [1.82, 2.24) is 10.6 Å². The van der Waals surface area contributed by atoms with E-state index < -0.39 is 24.5 Å². The molecule has 0 saturated heterocycles. The van der Waals surface area contributed by atoms with Gasteiger partial charge in [0.1, 0.15) is 0 Å². The van der Waals surface area contributed by atoms with Crippen LogP contribution in [0.1, 0.15) is 31.1 Å². The molecule has 21 heavy (non-hydrogen) atoms. The molecule has 1 aromatic heterocycles. The normalized spacial score (nSPS) is 9.95. The molecule has 116 valence electrons. The Balaban J connectivity index is 2.08. The number of ether oxygens (including phenoxy) is 1. The van der Waals surface area contributed by atoms with Crippen LogP contribution in [-0.4, -0.2) is 31.1 Å². The van der Waals surface area contributed by atoms with E-state index >= 15 is 0 Å². The molecule has 6 nitrogen and oxygen atoms in total. The predicted molar refractivity (Wildman–Crippen MR) is 80.0 cm³/mol. The van der Waals surface area contributed by atoms with Crippen molar-refractivity contribution in [1.29, 1.82) is 0 Å². The second kappa shape index (κ2) is 9.93. The van der Waals surface area contributed by atoms with Gasteiger partial charge in [0.05, 0.1) is 0 Å². The molecule has 0 radical (unpaired) electrons. The Morgan fingerprint density at radius 3 is 2.81 bits per heavy atom. The van der Waals surface area contributed by atoms with Gasteiger partial charge in [0.25, 0.3) is 5.91 Å². The van der Waals surface area contributed by atoms with E-state index in [1.165, 1.54) is 4.88 Å². The minimum atomic E-state index is -0.629. The lowest BCUT2D eigenvalue weighted by atomic mass is 10.2. The smallest absolute Gasteiger partial charge is 0.321 e. The summed E-state index contributed by atoms with van der Waals surface area (Å²) < 4.78 is 4.80. The first-order valence-electron chi connectivity index (χ1n) is 6.87. The highest BCUT2D eigenvalue weighted by Gasteiger charge is 2.10. The summed E-state index contributed by atoms with van der Waals surface area (Å²) in [5, 5.41) is 6.56. The quantitative estimate of drug-likeness (QED) is 0.717. The van der Waals surface area contributed by atoms with Gasteiger partial charge in [-0.25, -0.2) is 4.79 Å². The number of amides is 3. The van der Waals surface area contributed by atoms with Gasteiger partial charge in [0.15, 0.2) is 6.61 Å². The number of hydrogen-bond donors (Lipinski definition) is 2. The maximum atomic E-state index is 11.4. The van der Waals surface area contributed by atoms with E-state index in [9.17, 15) is 14.4 Å². The molecule has 1 aromatic rings. The van der Waals surface area contributed by atoms with Gasteiger partial charge < -0.3 is 10.1 Å². The third kappa shape index (κ3) is 8.09. The summed E-state index contributed by atoms with van der Waals surface area (Å²) in [5.41, 5.74) is 0. The van der Waals surface area contributed by atoms with Gasteiger partial charge in [-0.05, 0) is 30.7 Å². The minimum Gasteiger partial charge on any atom is -0.456 e. The topological polar surface area (TPSA) is 84.5 Å². The van der Waals surface area contributed by atoms with Crippen molar-refractivity contribution in [2.24, 2.45) is 0 Å². The second-order valence-electron chi connectivity index (χ2n) is 4.40. The van der Waals surface area contributed by atoms with E-state index in [4.69, 9.17) is 4.74 Å². The summed E-state index contributed by atoms with van der Waals surface area (Å²) in [6.07, 6.45) is 2.53. The monoisotopic (exact) mass is 312 g/mol. The van der Waals surface area contributed by atoms with E-state index in [-0.39, 0.29) is 6.42 Å². The van der Waals surface area contributed by atoms with E-state index in [0.717, 1.165) is 12.8 Å². The number of carbonyl (C=O) groups excluding carboxylic acids is 3. The van der Waals surface area contributed by atoms with Crippen molar-refractivity contribution in [3.8, 4) is 0 Å². The molecular weight excluding hydrogens is 292 g/mol. The Labute approximate surface area is 127 Å². The first-order chi connectivity index (χ1) is 10.1. The Hall–Kier alpha value is -1.89. The molecule has 1 rings (SSSR count). The van der Waals surface area contributed by atoms with Crippen molar-refractivity contribution >= 4 is 29.2 Å². The second-order valence-corrected chi connectivity index (χ2v) is 5.43. The Morgan fingerprint density at radius 2 is 2.14 bits per heavy atom. The van der Waals surface area contributed by atoms with Crippen LogP contribution in [0.2, 0.25) is 0 Å². The number of aryl methyl sites for hydroxylation is 1. The number of carbonyl (C=O) groups is 3. The average Bonchev–Trinajstić information content (AvgIpc) is 2.96. The first kappa shape index (κ1) is 17.2. The van der Waals surface area contributed by atoms with E-state index in [1.54, 1.807) is 11.3 Å². The molecule has 0 spiro atoms. The summed E-state index contributed by atoms with van der Waals surface area (Å²) >= 11 is 1.65. The van der Waals surface area contributed by atoms with Gasteiger partial charge >= 0.3 is 12.0 Å². The number of thiophene rings is 1. The van der Waals surface area contributed by atoms with Crippen molar-refractivity contribution in [2.45, 2.75) is 32.6 Å². The van der Waals surface area contributed by atoms with Gasteiger partial charge in [-0.15, -0.1) is 11.3 Å². The van der Waals surface area contributed by atoms with Crippen LogP contribution in [0.4, 0.5) is 4.79 Å². The Bertz CT molecular complexity index is 460. The SMILES string of the molecule is CCCNC(=O)NC(=O)COC(=O)CCCc1cccs1. The van der Waals surface area contributed by atoms with E-state index in [2.05, 4.69) is 10.6 Å². The van der Waals surface area contributed by atoms with Crippen LogP contribution in [0, 0.1) is 0 Å². The summed E-state index contributed by atoms with van der Waals surface area (Å²) in [6, 6.07) is 3.40.